The summed E-state index contributed by atoms with van der Waals surface area (Å²) in [4.78, 5) is 19.5. The van der Waals surface area contributed by atoms with E-state index in [1.807, 2.05) is 12.4 Å². The van der Waals surface area contributed by atoms with E-state index in [1.54, 1.807) is 10.9 Å². The molecular weight excluding hydrogens is 604 g/mol. The average Bonchev–Trinajstić information content (AvgIpc) is 3.50. The molecule has 17 heteroatoms. The van der Waals surface area contributed by atoms with Crippen LogP contribution >= 0.6 is 11.6 Å². The second kappa shape index (κ2) is 17.5. The second-order valence-corrected chi connectivity index (χ2v) is 10.6. The van der Waals surface area contributed by atoms with Crippen LogP contribution in [0, 0.1) is 0 Å². The van der Waals surface area contributed by atoms with Gasteiger partial charge >= 0.3 is 0 Å². The van der Waals surface area contributed by atoms with Crippen molar-refractivity contribution < 1.29 is 19.3 Å². The number of rotatable bonds is 17. The van der Waals surface area contributed by atoms with Gasteiger partial charge in [0.25, 0.3) is 0 Å². The van der Waals surface area contributed by atoms with Crippen molar-refractivity contribution in [1.29, 1.82) is 0 Å². The molecule has 0 amide bonds. The molecule has 0 atom stereocenters. The molecular formula is C28H41ClN12O4. The van der Waals surface area contributed by atoms with Crippen molar-refractivity contribution in [2.24, 2.45) is 10.7 Å². The van der Waals surface area contributed by atoms with E-state index in [0.717, 1.165) is 49.3 Å². The predicted molar refractivity (Wildman–Crippen MR) is 171 cm³/mol. The number of hydrogen-bond donors (Lipinski definition) is 5. The highest BCUT2D eigenvalue weighted by molar-refractivity contribution is 6.31. The number of aliphatic imine (C=N–C) groups is 1. The van der Waals surface area contributed by atoms with Gasteiger partial charge in [0.1, 0.15) is 11.4 Å². The first-order chi connectivity index (χ1) is 21.8. The zero-order chi connectivity index (χ0) is 32.0. The van der Waals surface area contributed by atoms with Crippen LogP contribution in [0.5, 0.6) is 0 Å². The number of nitrogens with one attached hydrogen (secondary N) is 1. The fraction of sp³-hybridized carbons (Fsp3) is 0.500. The Hall–Kier alpha value is -3.93. The van der Waals surface area contributed by atoms with Crippen molar-refractivity contribution in [2.75, 3.05) is 70.8 Å². The van der Waals surface area contributed by atoms with Gasteiger partial charge in [-0.2, -0.15) is 0 Å². The fourth-order valence-electron chi connectivity index (χ4n) is 4.59. The molecule has 1 aliphatic rings. The molecule has 3 aromatic rings. The minimum absolute atomic E-state index is 0.0117. The number of pyridine rings is 1. The Kier molecular flexibility index (Phi) is 13.2. The Balaban J connectivity index is 1.17. The van der Waals surface area contributed by atoms with Crippen LogP contribution in [-0.2, 0) is 27.3 Å². The highest BCUT2D eigenvalue weighted by atomic mass is 35.5. The smallest absolute Gasteiger partial charge is 0.193 e. The van der Waals surface area contributed by atoms with Crippen LogP contribution in [0.2, 0.25) is 5.15 Å². The van der Waals surface area contributed by atoms with Gasteiger partial charge in [-0.05, 0) is 24.5 Å². The third-order valence-corrected chi connectivity index (χ3v) is 7.11. The van der Waals surface area contributed by atoms with Crippen molar-refractivity contribution in [3.05, 3.63) is 47.6 Å². The number of nitrogens with two attached hydrogens (primary N) is 3. The second-order valence-electron chi connectivity index (χ2n) is 10.3. The number of nitrogens with zero attached hydrogens (tertiary/aromatic N) is 8. The number of guanidine groups is 1. The number of aliphatic hydroxyl groups is 1. The first-order valence-corrected chi connectivity index (χ1v) is 15.0. The van der Waals surface area contributed by atoms with Crippen LogP contribution in [0.4, 0.5) is 11.6 Å². The van der Waals surface area contributed by atoms with Crippen molar-refractivity contribution >= 4 is 34.9 Å². The number of likely N-dealkylation sites (tertiary alicyclic amines) is 1. The van der Waals surface area contributed by atoms with Gasteiger partial charge in [0, 0.05) is 37.6 Å². The molecule has 0 radical (unpaired) electrons. The summed E-state index contributed by atoms with van der Waals surface area (Å²) in [5.74, 6) is 0.360. The first kappa shape index (κ1) is 34.0. The number of aromatic nitrogens is 6. The fourth-order valence-corrected chi connectivity index (χ4v) is 4.72. The van der Waals surface area contributed by atoms with Gasteiger partial charge in [0.15, 0.2) is 22.7 Å². The number of nitrogen functional groups attached to an aromatic ring is 2. The van der Waals surface area contributed by atoms with Gasteiger partial charge in [-0.25, -0.2) is 19.6 Å². The molecule has 0 spiro atoms. The normalized spacial score (nSPS) is 14.6. The summed E-state index contributed by atoms with van der Waals surface area (Å²) in [5, 5.41) is 20.2. The van der Waals surface area contributed by atoms with Gasteiger partial charge in [-0.1, -0.05) is 23.4 Å². The monoisotopic (exact) mass is 644 g/mol. The van der Waals surface area contributed by atoms with E-state index in [1.165, 1.54) is 0 Å². The molecule has 0 unspecified atom stereocenters. The Morgan fingerprint density at radius 3 is 2.49 bits per heavy atom. The van der Waals surface area contributed by atoms with E-state index in [9.17, 15) is 0 Å². The van der Waals surface area contributed by atoms with Crippen molar-refractivity contribution in [3.8, 4) is 11.3 Å². The molecule has 8 N–H and O–H groups in total. The number of anilines is 2. The molecule has 0 bridgehead atoms. The van der Waals surface area contributed by atoms with E-state index >= 15 is 0 Å². The lowest BCUT2D eigenvalue weighted by Gasteiger charge is -2.30. The van der Waals surface area contributed by atoms with Crippen molar-refractivity contribution in [3.63, 3.8) is 0 Å². The first-order valence-electron chi connectivity index (χ1n) is 14.6. The van der Waals surface area contributed by atoms with Gasteiger partial charge < -0.3 is 41.8 Å². The maximum atomic E-state index is 8.66. The molecule has 1 saturated heterocycles. The van der Waals surface area contributed by atoms with Gasteiger partial charge in [0.2, 0.25) is 0 Å². The topological polar surface area (TPSA) is 223 Å². The van der Waals surface area contributed by atoms with Crippen LogP contribution in [-0.4, -0.2) is 111 Å². The zero-order valence-corrected chi connectivity index (χ0v) is 25.9. The summed E-state index contributed by atoms with van der Waals surface area (Å²) in [7, 11) is 0. The summed E-state index contributed by atoms with van der Waals surface area (Å²) in [5.41, 5.74) is 21.0. The summed E-state index contributed by atoms with van der Waals surface area (Å²) in [6.07, 6.45) is 7.24. The Bertz CT molecular complexity index is 1410. The lowest BCUT2D eigenvalue weighted by molar-refractivity contribution is 0.00628. The number of piperidine rings is 1. The predicted octanol–water partition coefficient (Wildman–Crippen LogP) is 0.530. The lowest BCUT2D eigenvalue weighted by Crippen LogP contribution is -2.37. The maximum absolute atomic E-state index is 8.66. The molecule has 0 aromatic carbocycles. The third kappa shape index (κ3) is 10.9. The highest BCUT2D eigenvalue weighted by Gasteiger charge is 2.20. The van der Waals surface area contributed by atoms with Gasteiger partial charge in [0.05, 0.1) is 70.7 Å². The molecule has 16 nitrogen and oxygen atoms in total. The maximum Gasteiger partial charge on any atom is 0.193 e. The minimum atomic E-state index is 0.0117. The lowest BCUT2D eigenvalue weighted by atomic mass is 10.0. The van der Waals surface area contributed by atoms with Crippen LogP contribution in [0.3, 0.4) is 0 Å². The summed E-state index contributed by atoms with van der Waals surface area (Å²) < 4.78 is 17.9. The Morgan fingerprint density at radius 1 is 1.04 bits per heavy atom. The summed E-state index contributed by atoms with van der Waals surface area (Å²) in [6, 6.07) is 2.16. The van der Waals surface area contributed by atoms with Crippen molar-refractivity contribution in [2.45, 2.75) is 32.0 Å². The molecule has 1 fully saturated rings. The standard InChI is InChI=1S/C28H41ClN12O4/c1-19(24-26(30)37-27(31)25(29)36-24)34-28(32)35-22-2-4-40(5-3-22)17-20-14-21(16-33-15-20)23-18-41(39-38-23)6-8-43-10-12-45-13-11-44-9-7-42/h14-16,18,22,42H,1-13,17H2,(H4,30,31,37)(H3,32,34,35). The van der Waals surface area contributed by atoms with E-state index in [4.69, 9.17) is 48.1 Å². The molecule has 4 rings (SSSR count). The van der Waals surface area contributed by atoms with E-state index in [0.29, 0.717) is 51.9 Å². The molecule has 4 heterocycles. The third-order valence-electron chi connectivity index (χ3n) is 6.83. The van der Waals surface area contributed by atoms with Gasteiger partial charge in [-0.15, -0.1) is 5.10 Å². The summed E-state index contributed by atoms with van der Waals surface area (Å²) in [6.45, 7) is 9.66. The minimum Gasteiger partial charge on any atom is -0.394 e. The highest BCUT2D eigenvalue weighted by Crippen LogP contribution is 2.22. The van der Waals surface area contributed by atoms with Crippen LogP contribution in [0.15, 0.2) is 36.2 Å². The van der Waals surface area contributed by atoms with Crippen molar-refractivity contribution in [1.82, 2.24) is 40.2 Å². The van der Waals surface area contributed by atoms with E-state index in [-0.39, 0.29) is 41.1 Å². The Labute approximate surface area is 266 Å². The number of halogens is 1. The largest absolute Gasteiger partial charge is 0.394 e. The SMILES string of the molecule is C=C(NC(N)=NC1CCN(Cc2cncc(-c3cn(CCOCCOCCOCCO)nn3)c2)CC1)c1nc(Cl)c(N)nc1N. The van der Waals surface area contributed by atoms with Crippen LogP contribution in [0.25, 0.3) is 17.0 Å². The van der Waals surface area contributed by atoms with Gasteiger partial charge in [-0.3, -0.25) is 9.88 Å². The van der Waals surface area contributed by atoms with E-state index in [2.05, 4.69) is 53.1 Å². The molecule has 45 heavy (non-hydrogen) atoms. The zero-order valence-electron chi connectivity index (χ0n) is 25.1. The average molecular weight is 645 g/mol. The number of aliphatic hydroxyl groups excluding tert-OH is 1. The number of hydrogen-bond acceptors (Lipinski definition) is 13. The molecule has 0 aliphatic carbocycles. The molecule has 244 valence electrons. The van der Waals surface area contributed by atoms with Crippen LogP contribution < -0.4 is 22.5 Å². The molecule has 3 aromatic heterocycles. The Morgan fingerprint density at radius 2 is 1.76 bits per heavy atom. The number of ether oxygens (including phenoxy) is 3. The summed E-state index contributed by atoms with van der Waals surface area (Å²) >= 11 is 5.97. The van der Waals surface area contributed by atoms with Crippen LogP contribution in [0.1, 0.15) is 24.1 Å². The molecule has 0 saturated carbocycles. The quantitative estimate of drug-likeness (QED) is 0.0768. The van der Waals surface area contributed by atoms with E-state index < -0.39 is 0 Å². The molecule has 1 aliphatic heterocycles.